The molecule has 2 heterocycles. The number of ether oxygens (including phenoxy) is 1. The zero-order chi connectivity index (χ0) is 16.8. The zero-order valence-corrected chi connectivity index (χ0v) is 14.1. The van der Waals surface area contributed by atoms with E-state index in [1.54, 1.807) is 7.05 Å². The number of nitrogens with zero attached hydrogens (tertiary/aromatic N) is 2. The number of hydrogen-bond donors (Lipinski definition) is 0. The number of thiocarbonyl (C=S) groups is 1. The van der Waals surface area contributed by atoms with Gasteiger partial charge in [-0.15, -0.1) is 0 Å². The Bertz CT molecular complexity index is 733. The second-order valence-corrected chi connectivity index (χ2v) is 6.78. The molecule has 4 rings (SSSR count). The maximum absolute atomic E-state index is 12.6. The number of likely N-dealkylation sites (tertiary alicyclic amines) is 1. The monoisotopic (exact) mass is 342 g/mol. The fourth-order valence-corrected chi connectivity index (χ4v) is 4.30. The summed E-state index contributed by atoms with van der Waals surface area (Å²) in [6.07, 6.45) is 4.59. The van der Waals surface area contributed by atoms with Gasteiger partial charge in [0.2, 0.25) is 11.8 Å². The maximum Gasteiger partial charge on any atom is 0.260 e. The Labute approximate surface area is 145 Å². The van der Waals surface area contributed by atoms with Gasteiger partial charge in [0.15, 0.2) is 0 Å². The van der Waals surface area contributed by atoms with E-state index in [1.807, 2.05) is 47.4 Å². The smallest absolute Gasteiger partial charge is 0.260 e. The minimum Gasteiger partial charge on any atom is -0.468 e. The van der Waals surface area contributed by atoms with Crippen molar-refractivity contribution in [3.05, 3.63) is 48.0 Å². The number of rotatable bonds is 2. The second kappa shape index (κ2) is 5.70. The van der Waals surface area contributed by atoms with E-state index < -0.39 is 5.92 Å². The molecule has 0 spiro atoms. The summed E-state index contributed by atoms with van der Waals surface area (Å²) in [6, 6.07) is 9.71. The molecule has 0 radical (unpaired) electrons. The molecule has 3 aliphatic rings. The predicted molar refractivity (Wildman–Crippen MR) is 91.9 cm³/mol. The van der Waals surface area contributed by atoms with Crippen LogP contribution in [0.4, 0.5) is 0 Å². The standard InChI is InChI=1S/C18H18N2O3S/c1-19-16(21)12-8-5-9-13(15(12)17(19)22)20-14(10-23-18(20)24)11-6-3-2-4-7-11/h2-7,9,12-15H,8,10H2,1H3/t12-,13+,14-,15-/m0/s1. The molecule has 1 aromatic rings. The largest absolute Gasteiger partial charge is 0.468 e. The average Bonchev–Trinajstić information content (AvgIpc) is 3.10. The van der Waals surface area contributed by atoms with Gasteiger partial charge >= 0.3 is 0 Å². The number of imide groups is 1. The molecule has 124 valence electrons. The van der Waals surface area contributed by atoms with Crippen molar-refractivity contribution < 1.29 is 14.3 Å². The Balaban J connectivity index is 1.72. The normalized spacial score (nSPS) is 32.3. The van der Waals surface area contributed by atoms with E-state index in [4.69, 9.17) is 17.0 Å². The zero-order valence-electron chi connectivity index (χ0n) is 13.3. The van der Waals surface area contributed by atoms with Crippen LogP contribution in [0.25, 0.3) is 0 Å². The molecule has 0 unspecified atom stereocenters. The number of fused-ring (bicyclic) bond motifs is 1. The van der Waals surface area contributed by atoms with E-state index in [9.17, 15) is 9.59 Å². The van der Waals surface area contributed by atoms with E-state index in [2.05, 4.69) is 0 Å². The van der Waals surface area contributed by atoms with Crippen molar-refractivity contribution in [1.82, 2.24) is 9.80 Å². The highest BCUT2D eigenvalue weighted by Crippen LogP contribution is 2.41. The van der Waals surface area contributed by atoms with Crippen molar-refractivity contribution in [1.29, 1.82) is 0 Å². The van der Waals surface area contributed by atoms with E-state index in [0.29, 0.717) is 18.2 Å². The molecular weight excluding hydrogens is 324 g/mol. The number of carbonyl (C=O) groups is 2. The molecule has 0 aromatic heterocycles. The minimum atomic E-state index is -0.390. The van der Waals surface area contributed by atoms with Crippen molar-refractivity contribution in [2.45, 2.75) is 18.5 Å². The minimum absolute atomic E-state index is 0.0408. The molecule has 2 saturated heterocycles. The van der Waals surface area contributed by atoms with Crippen molar-refractivity contribution in [3.8, 4) is 0 Å². The highest BCUT2D eigenvalue weighted by atomic mass is 32.1. The summed E-state index contributed by atoms with van der Waals surface area (Å²) in [5, 5.41) is 0.397. The molecule has 0 bridgehead atoms. The lowest BCUT2D eigenvalue weighted by Crippen LogP contribution is -2.47. The van der Waals surface area contributed by atoms with E-state index >= 15 is 0 Å². The third-order valence-electron chi connectivity index (χ3n) is 5.21. The van der Waals surface area contributed by atoms with Crippen LogP contribution >= 0.6 is 12.2 Å². The molecule has 2 amide bonds. The third-order valence-corrected chi connectivity index (χ3v) is 5.53. The van der Waals surface area contributed by atoms with Crippen LogP contribution in [0.2, 0.25) is 0 Å². The number of hydrogen-bond acceptors (Lipinski definition) is 4. The van der Waals surface area contributed by atoms with Crippen LogP contribution in [0, 0.1) is 11.8 Å². The number of carbonyl (C=O) groups excluding carboxylic acids is 2. The number of amides is 2. The maximum atomic E-state index is 12.6. The van der Waals surface area contributed by atoms with Gasteiger partial charge in [-0.3, -0.25) is 14.5 Å². The van der Waals surface area contributed by atoms with Crippen LogP contribution in [0.3, 0.4) is 0 Å². The summed E-state index contributed by atoms with van der Waals surface area (Å²) >= 11 is 5.42. The lowest BCUT2D eigenvalue weighted by atomic mass is 9.80. The summed E-state index contributed by atoms with van der Waals surface area (Å²) in [5.41, 5.74) is 1.10. The molecule has 1 aromatic carbocycles. The molecule has 0 saturated carbocycles. The molecule has 6 heteroatoms. The lowest BCUT2D eigenvalue weighted by Gasteiger charge is -2.36. The number of allylic oxidation sites excluding steroid dienone is 1. The molecular formula is C18H18N2O3S. The van der Waals surface area contributed by atoms with Crippen LogP contribution < -0.4 is 0 Å². The first-order chi connectivity index (χ1) is 11.6. The first kappa shape index (κ1) is 15.3. The first-order valence-corrected chi connectivity index (χ1v) is 8.48. The molecule has 2 fully saturated rings. The average molecular weight is 342 g/mol. The molecule has 4 atom stereocenters. The van der Waals surface area contributed by atoms with Gasteiger partial charge in [0.1, 0.15) is 6.61 Å². The van der Waals surface area contributed by atoms with Gasteiger partial charge in [0.05, 0.1) is 23.9 Å². The molecule has 1 aliphatic carbocycles. The molecule has 24 heavy (non-hydrogen) atoms. The van der Waals surface area contributed by atoms with Crippen LogP contribution in [0.1, 0.15) is 18.0 Å². The summed E-state index contributed by atoms with van der Waals surface area (Å²) in [4.78, 5) is 28.2. The van der Waals surface area contributed by atoms with E-state index in [0.717, 1.165) is 5.56 Å². The first-order valence-electron chi connectivity index (χ1n) is 8.07. The summed E-state index contributed by atoms with van der Waals surface area (Å²) < 4.78 is 5.64. The van der Waals surface area contributed by atoms with Crippen molar-refractivity contribution in [2.24, 2.45) is 11.8 Å². The van der Waals surface area contributed by atoms with Crippen molar-refractivity contribution in [2.75, 3.05) is 13.7 Å². The van der Waals surface area contributed by atoms with Crippen LogP contribution in [-0.4, -0.2) is 46.5 Å². The summed E-state index contributed by atoms with van der Waals surface area (Å²) in [6.45, 7) is 0.461. The van der Waals surface area contributed by atoms with Gasteiger partial charge in [-0.05, 0) is 24.2 Å². The van der Waals surface area contributed by atoms with Crippen molar-refractivity contribution >= 4 is 29.2 Å². The Kier molecular flexibility index (Phi) is 3.64. The Hall–Kier alpha value is -2.21. The van der Waals surface area contributed by atoms with Gasteiger partial charge in [-0.1, -0.05) is 42.5 Å². The van der Waals surface area contributed by atoms with Gasteiger partial charge < -0.3 is 9.64 Å². The third kappa shape index (κ3) is 2.17. The summed E-state index contributed by atoms with van der Waals surface area (Å²) in [7, 11) is 1.56. The fourth-order valence-electron chi connectivity index (χ4n) is 3.98. The molecule has 5 nitrogen and oxygen atoms in total. The van der Waals surface area contributed by atoms with E-state index in [1.165, 1.54) is 4.90 Å². The molecule has 2 aliphatic heterocycles. The summed E-state index contributed by atoms with van der Waals surface area (Å²) in [5.74, 6) is -0.904. The van der Waals surface area contributed by atoms with Crippen LogP contribution in [0.5, 0.6) is 0 Å². The van der Waals surface area contributed by atoms with Crippen LogP contribution in [0.15, 0.2) is 42.5 Å². The predicted octanol–water partition coefficient (Wildman–Crippen LogP) is 1.90. The highest BCUT2D eigenvalue weighted by Gasteiger charge is 2.53. The van der Waals surface area contributed by atoms with Gasteiger partial charge in [0, 0.05) is 7.05 Å². The number of benzene rings is 1. The molecule has 0 N–H and O–H groups in total. The Morgan fingerprint density at radius 2 is 1.92 bits per heavy atom. The quantitative estimate of drug-likeness (QED) is 0.467. The van der Waals surface area contributed by atoms with Gasteiger partial charge in [0.25, 0.3) is 5.17 Å². The second-order valence-electron chi connectivity index (χ2n) is 6.43. The van der Waals surface area contributed by atoms with Gasteiger partial charge in [-0.25, -0.2) is 0 Å². The fraction of sp³-hybridized carbons (Fsp3) is 0.389. The lowest BCUT2D eigenvalue weighted by molar-refractivity contribution is -0.138. The van der Waals surface area contributed by atoms with E-state index in [-0.39, 0.29) is 29.8 Å². The Morgan fingerprint density at radius 3 is 2.67 bits per heavy atom. The van der Waals surface area contributed by atoms with Crippen molar-refractivity contribution in [3.63, 3.8) is 0 Å². The van der Waals surface area contributed by atoms with Crippen LogP contribution in [-0.2, 0) is 14.3 Å². The highest BCUT2D eigenvalue weighted by molar-refractivity contribution is 7.80. The Morgan fingerprint density at radius 1 is 1.17 bits per heavy atom. The SMILES string of the molecule is CN1C(=O)[C@H]2[C@H](CC=C[C@H]2N2C(=S)OC[C@H]2c2ccccc2)C1=O. The van der Waals surface area contributed by atoms with Gasteiger partial charge in [-0.2, -0.15) is 0 Å². The topological polar surface area (TPSA) is 49.9 Å².